The number of ether oxygens (including phenoxy) is 1. The van der Waals surface area contributed by atoms with Crippen molar-refractivity contribution in [1.29, 1.82) is 0 Å². The number of halogens is 1. The molecule has 0 radical (unpaired) electrons. The zero-order chi connectivity index (χ0) is 25.6. The predicted molar refractivity (Wildman–Crippen MR) is 136 cm³/mol. The van der Waals surface area contributed by atoms with Gasteiger partial charge in [-0.1, -0.05) is 18.2 Å². The standard InChI is InChI=1S/C26H34FN5O4S/c27-19-7-9-30(16-19)11-10-29-8-3-4-20(17-29)32-25-21-5-1-2-6-23(21)37(34,35)18-22(25)24(28-32)26(33)31-12-14-36-15-13-31/h1-2,5-6,19-20H,3-4,7-18H2/t19-,20?/m0/s1. The number of alkyl halides is 1. The maximum Gasteiger partial charge on any atom is 0.274 e. The number of sulfone groups is 1. The van der Waals surface area contributed by atoms with Crippen molar-refractivity contribution in [2.45, 2.75) is 42.1 Å². The summed E-state index contributed by atoms with van der Waals surface area (Å²) in [6, 6.07) is 7.08. The molecule has 1 amide bonds. The Labute approximate surface area is 217 Å². The monoisotopic (exact) mass is 531 g/mol. The maximum atomic E-state index is 13.6. The van der Waals surface area contributed by atoms with E-state index in [1.807, 2.05) is 16.8 Å². The fraction of sp³-hybridized carbons (Fsp3) is 0.615. The van der Waals surface area contributed by atoms with E-state index in [0.29, 0.717) is 55.3 Å². The summed E-state index contributed by atoms with van der Waals surface area (Å²) in [5.74, 6) is -0.448. The second-order valence-electron chi connectivity index (χ2n) is 10.6. The second-order valence-corrected chi connectivity index (χ2v) is 12.5. The van der Waals surface area contributed by atoms with Crippen LogP contribution in [-0.2, 0) is 20.3 Å². The number of nitrogens with zero attached hydrogens (tertiary/aromatic N) is 5. The van der Waals surface area contributed by atoms with Crippen LogP contribution in [-0.4, -0.2) is 111 Å². The van der Waals surface area contributed by atoms with Gasteiger partial charge < -0.3 is 9.64 Å². The zero-order valence-corrected chi connectivity index (χ0v) is 21.8. The van der Waals surface area contributed by atoms with Crippen LogP contribution in [0, 0.1) is 0 Å². The van der Waals surface area contributed by atoms with Crippen molar-refractivity contribution < 1.29 is 22.3 Å². The van der Waals surface area contributed by atoms with E-state index >= 15 is 0 Å². The smallest absolute Gasteiger partial charge is 0.274 e. The highest BCUT2D eigenvalue weighted by atomic mass is 32.2. The van der Waals surface area contributed by atoms with Gasteiger partial charge in [0, 0.05) is 56.9 Å². The van der Waals surface area contributed by atoms with Gasteiger partial charge in [-0.3, -0.25) is 19.3 Å². The van der Waals surface area contributed by atoms with E-state index in [4.69, 9.17) is 9.84 Å². The SMILES string of the molecule is O=C(c1nn(C2CCCN(CCN3CC[C@H](F)C3)C2)c2c1CS(=O)(=O)c1ccccc1-2)N1CCOCC1. The molecule has 2 atom stereocenters. The van der Waals surface area contributed by atoms with E-state index < -0.39 is 16.0 Å². The highest BCUT2D eigenvalue weighted by Crippen LogP contribution is 2.41. The van der Waals surface area contributed by atoms with Crippen molar-refractivity contribution >= 4 is 15.7 Å². The molecule has 37 heavy (non-hydrogen) atoms. The lowest BCUT2D eigenvalue weighted by molar-refractivity contribution is 0.0297. The fourth-order valence-corrected chi connectivity index (χ4v) is 7.74. The summed E-state index contributed by atoms with van der Waals surface area (Å²) in [6.07, 6.45) is 1.78. The number of benzene rings is 1. The third-order valence-corrected chi connectivity index (χ3v) is 9.79. The average molecular weight is 532 g/mol. The Balaban J connectivity index is 1.33. The minimum Gasteiger partial charge on any atom is -0.378 e. The molecule has 0 spiro atoms. The van der Waals surface area contributed by atoms with Gasteiger partial charge in [0.1, 0.15) is 6.17 Å². The molecule has 5 heterocycles. The van der Waals surface area contributed by atoms with Crippen LogP contribution in [0.25, 0.3) is 11.3 Å². The van der Waals surface area contributed by atoms with Gasteiger partial charge in [-0.05, 0) is 31.9 Å². The first-order chi connectivity index (χ1) is 17.9. The number of rotatable bonds is 5. The van der Waals surface area contributed by atoms with E-state index in [9.17, 15) is 17.6 Å². The molecule has 0 N–H and O–H groups in total. The minimum absolute atomic E-state index is 0.0232. The number of carbonyl (C=O) groups excluding carboxylic acids is 1. The molecule has 4 aliphatic heterocycles. The molecule has 3 saturated heterocycles. The van der Waals surface area contributed by atoms with Crippen LogP contribution in [0.1, 0.15) is 41.4 Å². The molecule has 1 aromatic carbocycles. The molecule has 200 valence electrons. The fourth-order valence-electron chi connectivity index (χ4n) is 6.15. The van der Waals surface area contributed by atoms with Crippen LogP contribution in [0.3, 0.4) is 0 Å². The van der Waals surface area contributed by atoms with E-state index in [0.717, 1.165) is 51.3 Å². The second kappa shape index (κ2) is 10.1. The van der Waals surface area contributed by atoms with Crippen molar-refractivity contribution in [2.24, 2.45) is 0 Å². The van der Waals surface area contributed by atoms with Crippen molar-refractivity contribution in [3.05, 3.63) is 35.5 Å². The number of likely N-dealkylation sites (tertiary alicyclic amines) is 2. The summed E-state index contributed by atoms with van der Waals surface area (Å²) >= 11 is 0. The molecule has 11 heteroatoms. The maximum absolute atomic E-state index is 13.6. The molecular formula is C26H34FN5O4S. The summed E-state index contributed by atoms with van der Waals surface area (Å²) in [6.45, 7) is 6.63. The molecule has 4 aliphatic rings. The molecular weight excluding hydrogens is 497 g/mol. The highest BCUT2D eigenvalue weighted by molar-refractivity contribution is 7.90. The Bertz CT molecular complexity index is 1280. The first-order valence-corrected chi connectivity index (χ1v) is 15.0. The summed E-state index contributed by atoms with van der Waals surface area (Å²) in [5, 5.41) is 4.87. The first-order valence-electron chi connectivity index (χ1n) is 13.3. The van der Waals surface area contributed by atoms with E-state index in [-0.39, 0.29) is 23.4 Å². The predicted octanol–water partition coefficient (Wildman–Crippen LogP) is 1.99. The Hall–Kier alpha value is -2.34. The van der Waals surface area contributed by atoms with Crippen LogP contribution in [0.15, 0.2) is 29.2 Å². The number of morpholine rings is 1. The van der Waals surface area contributed by atoms with Gasteiger partial charge >= 0.3 is 0 Å². The Morgan fingerprint density at radius 2 is 1.78 bits per heavy atom. The number of carbonyl (C=O) groups is 1. The van der Waals surface area contributed by atoms with Crippen molar-refractivity contribution in [1.82, 2.24) is 24.5 Å². The molecule has 0 saturated carbocycles. The van der Waals surface area contributed by atoms with Crippen molar-refractivity contribution in [3.63, 3.8) is 0 Å². The number of aromatic nitrogens is 2. The highest BCUT2D eigenvalue weighted by Gasteiger charge is 2.39. The normalized spacial score (nSPS) is 26.1. The number of piperidine rings is 1. The number of fused-ring (bicyclic) bond motifs is 3. The molecule has 6 rings (SSSR count). The van der Waals surface area contributed by atoms with Crippen LogP contribution in [0.4, 0.5) is 4.39 Å². The molecule has 0 aliphatic carbocycles. The quantitative estimate of drug-likeness (QED) is 0.583. The molecule has 3 fully saturated rings. The molecule has 1 aromatic heterocycles. The van der Waals surface area contributed by atoms with Gasteiger partial charge in [-0.25, -0.2) is 12.8 Å². The third-order valence-electron chi connectivity index (χ3n) is 8.09. The first kappa shape index (κ1) is 25.0. The molecule has 0 bridgehead atoms. The lowest BCUT2D eigenvalue weighted by Crippen LogP contribution is -2.42. The van der Waals surface area contributed by atoms with E-state index in [1.54, 1.807) is 17.0 Å². The van der Waals surface area contributed by atoms with Gasteiger partial charge in [0.25, 0.3) is 5.91 Å². The van der Waals surface area contributed by atoms with Crippen LogP contribution in [0.2, 0.25) is 0 Å². The van der Waals surface area contributed by atoms with Crippen LogP contribution >= 0.6 is 0 Å². The summed E-state index contributed by atoms with van der Waals surface area (Å²) in [5.41, 5.74) is 2.14. The molecule has 2 aromatic rings. The number of amides is 1. The number of hydrogen-bond acceptors (Lipinski definition) is 7. The minimum atomic E-state index is -3.59. The van der Waals surface area contributed by atoms with Crippen LogP contribution in [0.5, 0.6) is 0 Å². The van der Waals surface area contributed by atoms with Gasteiger partial charge in [0.05, 0.1) is 35.6 Å². The third kappa shape index (κ3) is 4.82. The number of hydrogen-bond donors (Lipinski definition) is 0. The summed E-state index contributed by atoms with van der Waals surface area (Å²) in [4.78, 5) is 20.2. The zero-order valence-electron chi connectivity index (χ0n) is 21.0. The van der Waals surface area contributed by atoms with Gasteiger partial charge in [-0.2, -0.15) is 5.10 Å². The van der Waals surface area contributed by atoms with Crippen LogP contribution < -0.4 is 0 Å². The Morgan fingerprint density at radius 3 is 2.54 bits per heavy atom. The topological polar surface area (TPSA) is 88.0 Å². The Morgan fingerprint density at radius 1 is 1.03 bits per heavy atom. The van der Waals surface area contributed by atoms with Crippen molar-refractivity contribution in [3.8, 4) is 11.3 Å². The van der Waals surface area contributed by atoms with Gasteiger partial charge in [-0.15, -0.1) is 0 Å². The largest absolute Gasteiger partial charge is 0.378 e. The lowest BCUT2D eigenvalue weighted by atomic mass is 10.0. The Kier molecular flexibility index (Phi) is 6.81. The van der Waals surface area contributed by atoms with Crippen molar-refractivity contribution in [2.75, 3.05) is 65.6 Å². The van der Waals surface area contributed by atoms with Gasteiger partial charge in [0.2, 0.25) is 0 Å². The van der Waals surface area contributed by atoms with Gasteiger partial charge in [0.15, 0.2) is 15.5 Å². The average Bonchev–Trinajstić information content (AvgIpc) is 3.51. The van der Waals surface area contributed by atoms with E-state index in [1.165, 1.54) is 0 Å². The molecule has 9 nitrogen and oxygen atoms in total. The van der Waals surface area contributed by atoms with E-state index in [2.05, 4.69) is 9.80 Å². The summed E-state index contributed by atoms with van der Waals surface area (Å²) in [7, 11) is -3.59. The lowest BCUT2D eigenvalue weighted by Gasteiger charge is -2.35. The summed E-state index contributed by atoms with van der Waals surface area (Å²) < 4.78 is 47.4. The molecule has 1 unspecified atom stereocenters.